The van der Waals surface area contributed by atoms with Crippen LogP contribution in [-0.2, 0) is 16.6 Å². The molecule has 0 aliphatic carbocycles. The summed E-state index contributed by atoms with van der Waals surface area (Å²) in [7, 11) is 0. The van der Waals surface area contributed by atoms with E-state index in [1.165, 1.54) is 12.1 Å². The zero-order valence-corrected chi connectivity index (χ0v) is 17.8. The first kappa shape index (κ1) is 22.6. The van der Waals surface area contributed by atoms with Gasteiger partial charge in [0.25, 0.3) is 0 Å². The van der Waals surface area contributed by atoms with Crippen molar-refractivity contribution in [2.24, 2.45) is 5.92 Å². The number of halogens is 5. The van der Waals surface area contributed by atoms with E-state index in [4.69, 9.17) is 32.7 Å². The number of alkyl halides is 3. The Morgan fingerprint density at radius 2 is 1.80 bits per heavy atom. The molecule has 4 nitrogen and oxygen atoms in total. The number of carbonyl (C=O) groups is 1. The van der Waals surface area contributed by atoms with Gasteiger partial charge in [-0.2, -0.15) is 13.2 Å². The van der Waals surface area contributed by atoms with E-state index in [0.717, 1.165) is 0 Å². The van der Waals surface area contributed by atoms with Crippen LogP contribution in [0.25, 0.3) is 0 Å². The van der Waals surface area contributed by atoms with E-state index in [9.17, 15) is 23.1 Å². The SMILES string of the molecule is CC(C)(C)c1c(Cl)cccc1Oc1cc2c(cc1Cl)CC(C(=O)O)C(C(F)(F)F)O2. The quantitative estimate of drug-likeness (QED) is 0.554. The van der Waals surface area contributed by atoms with Crippen LogP contribution in [0.4, 0.5) is 13.2 Å². The van der Waals surface area contributed by atoms with Crippen molar-refractivity contribution in [2.45, 2.75) is 44.9 Å². The van der Waals surface area contributed by atoms with Crippen molar-refractivity contribution in [3.05, 3.63) is 51.5 Å². The van der Waals surface area contributed by atoms with Crippen molar-refractivity contribution < 1.29 is 32.5 Å². The minimum Gasteiger partial charge on any atom is -0.481 e. The molecule has 3 rings (SSSR count). The van der Waals surface area contributed by atoms with Crippen LogP contribution >= 0.6 is 23.2 Å². The van der Waals surface area contributed by atoms with Gasteiger partial charge in [0.1, 0.15) is 23.2 Å². The summed E-state index contributed by atoms with van der Waals surface area (Å²) in [6.07, 6.45) is -7.67. The number of carboxylic acids is 1. The van der Waals surface area contributed by atoms with Gasteiger partial charge < -0.3 is 14.6 Å². The molecule has 1 N–H and O–H groups in total. The summed E-state index contributed by atoms with van der Waals surface area (Å²) in [5, 5.41) is 9.79. The summed E-state index contributed by atoms with van der Waals surface area (Å²) in [5.41, 5.74) is 0.601. The van der Waals surface area contributed by atoms with Gasteiger partial charge in [-0.15, -0.1) is 0 Å². The Morgan fingerprint density at radius 1 is 1.13 bits per heavy atom. The van der Waals surface area contributed by atoms with Gasteiger partial charge in [-0.3, -0.25) is 4.79 Å². The van der Waals surface area contributed by atoms with Gasteiger partial charge in [-0.05, 0) is 35.6 Å². The van der Waals surface area contributed by atoms with Crippen molar-refractivity contribution in [3.63, 3.8) is 0 Å². The molecular formula is C21H19Cl2F3O4. The number of hydrogen-bond acceptors (Lipinski definition) is 3. The second kappa shape index (κ2) is 7.85. The highest BCUT2D eigenvalue weighted by molar-refractivity contribution is 6.32. The van der Waals surface area contributed by atoms with Crippen LogP contribution in [0.1, 0.15) is 31.9 Å². The fourth-order valence-corrected chi connectivity index (χ4v) is 4.11. The predicted molar refractivity (Wildman–Crippen MR) is 107 cm³/mol. The number of fused-ring (bicyclic) bond motifs is 1. The van der Waals surface area contributed by atoms with Crippen LogP contribution in [0.5, 0.6) is 17.2 Å². The summed E-state index contributed by atoms with van der Waals surface area (Å²) in [5.74, 6) is -2.98. The van der Waals surface area contributed by atoms with E-state index in [1.54, 1.807) is 18.2 Å². The molecule has 0 saturated heterocycles. The van der Waals surface area contributed by atoms with Gasteiger partial charge >= 0.3 is 12.1 Å². The van der Waals surface area contributed by atoms with E-state index >= 15 is 0 Å². The molecule has 1 aliphatic heterocycles. The first-order valence-corrected chi connectivity index (χ1v) is 9.80. The van der Waals surface area contributed by atoms with Crippen LogP contribution in [-0.4, -0.2) is 23.4 Å². The van der Waals surface area contributed by atoms with Crippen LogP contribution in [0.15, 0.2) is 30.3 Å². The first-order chi connectivity index (χ1) is 13.8. The van der Waals surface area contributed by atoms with Crippen molar-refractivity contribution in [1.82, 2.24) is 0 Å². The third kappa shape index (κ3) is 4.47. The monoisotopic (exact) mass is 462 g/mol. The highest BCUT2D eigenvalue weighted by atomic mass is 35.5. The van der Waals surface area contributed by atoms with Crippen LogP contribution in [0.2, 0.25) is 10.0 Å². The predicted octanol–water partition coefficient (Wildman–Crippen LogP) is 6.65. The second-order valence-electron chi connectivity index (χ2n) is 8.08. The standard InChI is InChI=1S/C21H19Cl2F3O4/c1-20(2,3)17-12(22)5-4-6-14(17)29-16-9-15-10(8-13(16)23)7-11(19(27)28)18(30-15)21(24,25)26/h4-6,8-9,11,18H,7H2,1-3H3,(H,27,28). The van der Waals surface area contributed by atoms with Crippen molar-refractivity contribution in [2.75, 3.05) is 0 Å². The molecule has 9 heteroatoms. The Balaban J connectivity index is 2.02. The van der Waals surface area contributed by atoms with E-state index < -0.39 is 24.2 Å². The first-order valence-electron chi connectivity index (χ1n) is 9.04. The van der Waals surface area contributed by atoms with E-state index in [2.05, 4.69) is 0 Å². The molecule has 2 aromatic carbocycles. The lowest BCUT2D eigenvalue weighted by Gasteiger charge is -2.33. The van der Waals surface area contributed by atoms with Gasteiger partial charge in [0.15, 0.2) is 0 Å². The molecule has 1 aliphatic rings. The molecule has 0 amide bonds. The zero-order chi connectivity index (χ0) is 22.4. The molecule has 0 spiro atoms. The van der Waals surface area contributed by atoms with Gasteiger partial charge in [0.2, 0.25) is 6.10 Å². The number of hydrogen-bond donors (Lipinski definition) is 1. The molecule has 0 bridgehead atoms. The lowest BCUT2D eigenvalue weighted by atomic mass is 9.86. The fraction of sp³-hybridized carbons (Fsp3) is 0.381. The Kier molecular flexibility index (Phi) is 5.91. The smallest absolute Gasteiger partial charge is 0.426 e. The third-order valence-corrected chi connectivity index (χ3v) is 5.37. The third-order valence-electron chi connectivity index (χ3n) is 4.76. The summed E-state index contributed by atoms with van der Waals surface area (Å²) >= 11 is 12.6. The van der Waals surface area contributed by atoms with Crippen LogP contribution in [0.3, 0.4) is 0 Å². The minimum absolute atomic E-state index is 0.0814. The molecule has 1 heterocycles. The highest BCUT2D eigenvalue weighted by Crippen LogP contribution is 2.45. The van der Waals surface area contributed by atoms with Crippen LogP contribution in [0, 0.1) is 5.92 Å². The molecule has 0 fully saturated rings. The van der Waals surface area contributed by atoms with E-state index in [-0.39, 0.29) is 33.9 Å². The number of ether oxygens (including phenoxy) is 2. The average molecular weight is 463 g/mol. The van der Waals surface area contributed by atoms with Crippen molar-refractivity contribution >= 4 is 29.2 Å². The maximum absolute atomic E-state index is 13.3. The number of benzene rings is 2. The largest absolute Gasteiger partial charge is 0.481 e. The normalized spacial score (nSPS) is 19.1. The maximum atomic E-state index is 13.3. The lowest BCUT2D eigenvalue weighted by Crippen LogP contribution is -2.47. The van der Waals surface area contributed by atoms with Crippen molar-refractivity contribution in [3.8, 4) is 17.2 Å². The van der Waals surface area contributed by atoms with Gasteiger partial charge in [0.05, 0.1) is 5.02 Å². The molecule has 2 unspecified atom stereocenters. The highest BCUT2D eigenvalue weighted by Gasteiger charge is 2.52. The van der Waals surface area contributed by atoms with Crippen LogP contribution < -0.4 is 9.47 Å². The Bertz CT molecular complexity index is 983. The topological polar surface area (TPSA) is 55.8 Å². The molecule has 2 aromatic rings. The van der Waals surface area contributed by atoms with Gasteiger partial charge in [-0.25, -0.2) is 0 Å². The Labute approximate surface area is 181 Å². The van der Waals surface area contributed by atoms with Gasteiger partial charge in [-0.1, -0.05) is 50.0 Å². The van der Waals surface area contributed by atoms with E-state index in [1.807, 2.05) is 20.8 Å². The molecular weight excluding hydrogens is 444 g/mol. The van der Waals surface area contributed by atoms with E-state index in [0.29, 0.717) is 16.3 Å². The molecule has 0 saturated carbocycles. The maximum Gasteiger partial charge on any atom is 0.426 e. The molecule has 0 radical (unpaired) electrons. The minimum atomic E-state index is -4.84. The molecule has 162 valence electrons. The van der Waals surface area contributed by atoms with Gasteiger partial charge in [0, 0.05) is 16.7 Å². The average Bonchev–Trinajstić information content (AvgIpc) is 2.59. The molecule has 0 aromatic heterocycles. The number of rotatable bonds is 3. The second-order valence-corrected chi connectivity index (χ2v) is 8.90. The van der Waals surface area contributed by atoms with Crippen molar-refractivity contribution in [1.29, 1.82) is 0 Å². The summed E-state index contributed by atoms with van der Waals surface area (Å²) < 4.78 is 51.0. The Morgan fingerprint density at radius 3 is 2.37 bits per heavy atom. The molecule has 2 atom stereocenters. The lowest BCUT2D eigenvalue weighted by molar-refractivity contribution is -0.217. The Hall–Kier alpha value is -2.12. The summed E-state index contributed by atoms with van der Waals surface area (Å²) in [6.45, 7) is 5.83. The molecule has 30 heavy (non-hydrogen) atoms. The number of aliphatic carboxylic acids is 1. The zero-order valence-electron chi connectivity index (χ0n) is 16.3. The summed E-state index contributed by atoms with van der Waals surface area (Å²) in [6, 6.07) is 7.71. The fourth-order valence-electron chi connectivity index (χ4n) is 3.43. The number of carboxylic acid groups (broad SMARTS) is 1. The summed E-state index contributed by atoms with van der Waals surface area (Å²) in [4.78, 5) is 11.3.